The Labute approximate surface area is 55.4 Å². The molecule has 0 aliphatic rings. The van der Waals surface area contributed by atoms with Crippen molar-refractivity contribution in [2.45, 2.75) is 6.92 Å². The maximum absolute atomic E-state index is 10.2. The molecule has 0 aliphatic heterocycles. The summed E-state index contributed by atoms with van der Waals surface area (Å²) in [6, 6.07) is 0. The molecule has 0 aromatic rings. The van der Waals surface area contributed by atoms with E-state index in [0.29, 0.717) is 4.43 Å². The number of carbonyl (C=O) groups excluding carboxylic acids is 2. The first-order valence-electron chi connectivity index (χ1n) is 1.78. The van der Waals surface area contributed by atoms with Crippen molar-refractivity contribution in [1.82, 2.24) is 0 Å². The molecule has 0 amide bonds. The highest BCUT2D eigenvalue weighted by atomic mass is 127. The number of hydrogen-bond donors (Lipinski definition) is 0. The van der Waals surface area contributed by atoms with Gasteiger partial charge in [0.1, 0.15) is 0 Å². The van der Waals surface area contributed by atoms with Crippen LogP contribution in [0.4, 0.5) is 0 Å². The first-order valence-corrected chi connectivity index (χ1v) is 3.30. The van der Waals surface area contributed by atoms with E-state index in [2.05, 4.69) is 0 Å². The maximum Gasteiger partial charge on any atom is 0.207 e. The highest BCUT2D eigenvalue weighted by molar-refractivity contribution is 14.1. The van der Waals surface area contributed by atoms with Gasteiger partial charge in [-0.3, -0.25) is 9.59 Å². The minimum Gasteiger partial charge on any atom is -0.291 e. The standard InChI is InChI=1S/C4H5IO2/c1-3(6)4(7)2-5/h2H2,1H3. The molecular weight excluding hydrogens is 207 g/mol. The van der Waals surface area contributed by atoms with Crippen LogP contribution in [-0.2, 0) is 9.59 Å². The quantitative estimate of drug-likeness (QED) is 0.381. The van der Waals surface area contributed by atoms with Gasteiger partial charge in [0.15, 0.2) is 5.78 Å². The van der Waals surface area contributed by atoms with Crippen LogP contribution in [0.25, 0.3) is 0 Å². The Bertz CT molecular complexity index is 97.9. The number of hydrogen-bond acceptors (Lipinski definition) is 2. The van der Waals surface area contributed by atoms with Crippen LogP contribution in [0.3, 0.4) is 0 Å². The normalized spacial score (nSPS) is 8.29. The first kappa shape index (κ1) is 7.07. The zero-order valence-electron chi connectivity index (χ0n) is 3.90. The van der Waals surface area contributed by atoms with E-state index >= 15 is 0 Å². The second-order valence-electron chi connectivity index (χ2n) is 1.11. The Hall–Kier alpha value is 0.0700. The summed E-state index contributed by atoms with van der Waals surface area (Å²) in [4.78, 5) is 20.2. The predicted octanol–water partition coefficient (Wildman–Crippen LogP) is 0.580. The molecular formula is C4H5IO2. The topological polar surface area (TPSA) is 34.1 Å². The highest BCUT2D eigenvalue weighted by Crippen LogP contribution is 1.82. The van der Waals surface area contributed by atoms with E-state index < -0.39 is 0 Å². The minimum atomic E-state index is -0.352. The molecule has 2 nitrogen and oxygen atoms in total. The van der Waals surface area contributed by atoms with Gasteiger partial charge in [0.05, 0.1) is 4.43 Å². The van der Waals surface area contributed by atoms with Crippen LogP contribution < -0.4 is 0 Å². The van der Waals surface area contributed by atoms with Crippen molar-refractivity contribution in [3.8, 4) is 0 Å². The lowest BCUT2D eigenvalue weighted by Gasteiger charge is -1.80. The van der Waals surface area contributed by atoms with Crippen LogP contribution in [0.5, 0.6) is 0 Å². The summed E-state index contributed by atoms with van der Waals surface area (Å²) in [5, 5.41) is 0. The largest absolute Gasteiger partial charge is 0.291 e. The monoisotopic (exact) mass is 212 g/mol. The van der Waals surface area contributed by atoms with E-state index in [0.717, 1.165) is 0 Å². The van der Waals surface area contributed by atoms with Gasteiger partial charge in [-0.25, -0.2) is 0 Å². The molecule has 0 aliphatic carbocycles. The molecule has 0 saturated heterocycles. The Morgan fingerprint density at radius 1 is 1.57 bits per heavy atom. The number of halogens is 1. The number of Topliss-reactive ketones (excluding diaryl/α,β-unsaturated/α-hetero) is 2. The van der Waals surface area contributed by atoms with Crippen molar-refractivity contribution >= 4 is 34.2 Å². The predicted molar refractivity (Wildman–Crippen MR) is 34.6 cm³/mol. The number of carbonyl (C=O) groups is 2. The van der Waals surface area contributed by atoms with Gasteiger partial charge in [-0.2, -0.15) is 0 Å². The zero-order valence-corrected chi connectivity index (χ0v) is 6.06. The molecule has 0 fully saturated rings. The summed E-state index contributed by atoms with van der Waals surface area (Å²) in [6.45, 7) is 1.28. The van der Waals surface area contributed by atoms with Crippen molar-refractivity contribution in [3.63, 3.8) is 0 Å². The number of alkyl halides is 1. The molecule has 0 bridgehead atoms. The average Bonchev–Trinajstić information content (AvgIpc) is 1.65. The average molecular weight is 212 g/mol. The van der Waals surface area contributed by atoms with Gasteiger partial charge in [0.25, 0.3) is 0 Å². The van der Waals surface area contributed by atoms with Crippen LogP contribution in [0.2, 0.25) is 0 Å². The van der Waals surface area contributed by atoms with Gasteiger partial charge in [-0.15, -0.1) is 0 Å². The summed E-state index contributed by atoms with van der Waals surface area (Å²) < 4.78 is 0.299. The van der Waals surface area contributed by atoms with E-state index in [-0.39, 0.29) is 11.6 Å². The van der Waals surface area contributed by atoms with Gasteiger partial charge in [0, 0.05) is 6.92 Å². The third kappa shape index (κ3) is 2.73. The SMILES string of the molecule is CC(=O)C(=O)CI. The molecule has 0 N–H and O–H groups in total. The molecule has 3 heteroatoms. The fraction of sp³-hybridized carbons (Fsp3) is 0.500. The van der Waals surface area contributed by atoms with Crippen LogP contribution in [0.1, 0.15) is 6.92 Å². The molecule has 0 saturated carbocycles. The van der Waals surface area contributed by atoms with Gasteiger partial charge in [0.2, 0.25) is 5.78 Å². The van der Waals surface area contributed by atoms with Crippen LogP contribution in [-0.4, -0.2) is 16.0 Å². The minimum absolute atomic E-state index is 0.299. The lowest BCUT2D eigenvalue weighted by atomic mass is 10.3. The van der Waals surface area contributed by atoms with Crippen molar-refractivity contribution in [3.05, 3.63) is 0 Å². The summed E-state index contributed by atoms with van der Waals surface area (Å²) in [7, 11) is 0. The summed E-state index contributed by atoms with van der Waals surface area (Å²) in [5.74, 6) is -0.657. The molecule has 7 heavy (non-hydrogen) atoms. The van der Waals surface area contributed by atoms with Gasteiger partial charge >= 0.3 is 0 Å². The molecule has 0 aromatic carbocycles. The van der Waals surface area contributed by atoms with Crippen LogP contribution in [0.15, 0.2) is 0 Å². The smallest absolute Gasteiger partial charge is 0.207 e. The lowest BCUT2D eigenvalue weighted by Crippen LogP contribution is -2.09. The molecule has 0 aromatic heterocycles. The van der Waals surface area contributed by atoms with Gasteiger partial charge in [-0.05, 0) is 0 Å². The van der Waals surface area contributed by atoms with Crippen LogP contribution >= 0.6 is 22.6 Å². The molecule has 0 rings (SSSR count). The Morgan fingerprint density at radius 3 is 2.00 bits per heavy atom. The Balaban J connectivity index is 3.58. The molecule has 0 unspecified atom stereocenters. The first-order chi connectivity index (χ1) is 3.18. The van der Waals surface area contributed by atoms with Gasteiger partial charge < -0.3 is 0 Å². The zero-order chi connectivity index (χ0) is 5.86. The fourth-order valence-electron chi connectivity index (χ4n) is 0.0941. The second kappa shape index (κ2) is 3.12. The third-order valence-corrected chi connectivity index (χ3v) is 1.21. The highest BCUT2D eigenvalue weighted by Gasteiger charge is 2.02. The van der Waals surface area contributed by atoms with Crippen LogP contribution in [0, 0.1) is 0 Å². The number of ketones is 2. The van der Waals surface area contributed by atoms with Crippen molar-refractivity contribution < 1.29 is 9.59 Å². The number of rotatable bonds is 2. The summed E-state index contributed by atoms with van der Waals surface area (Å²) >= 11 is 1.86. The van der Waals surface area contributed by atoms with E-state index in [1.165, 1.54) is 6.92 Å². The summed E-state index contributed by atoms with van der Waals surface area (Å²) in [6.07, 6.45) is 0. The van der Waals surface area contributed by atoms with E-state index in [1.54, 1.807) is 0 Å². The lowest BCUT2D eigenvalue weighted by molar-refractivity contribution is -0.133. The van der Waals surface area contributed by atoms with E-state index in [4.69, 9.17) is 0 Å². The van der Waals surface area contributed by atoms with Crippen molar-refractivity contribution in [2.24, 2.45) is 0 Å². The molecule has 0 radical (unpaired) electrons. The van der Waals surface area contributed by atoms with Crippen molar-refractivity contribution in [1.29, 1.82) is 0 Å². The fourth-order valence-corrected chi connectivity index (χ4v) is 0.631. The Morgan fingerprint density at radius 2 is 2.00 bits per heavy atom. The molecule has 0 atom stereocenters. The maximum atomic E-state index is 10.2. The van der Waals surface area contributed by atoms with E-state index in [9.17, 15) is 9.59 Å². The summed E-state index contributed by atoms with van der Waals surface area (Å²) in [5.41, 5.74) is 0. The van der Waals surface area contributed by atoms with Gasteiger partial charge in [-0.1, -0.05) is 22.6 Å². The Kier molecular flexibility index (Phi) is 3.15. The third-order valence-electron chi connectivity index (χ3n) is 0.514. The molecule has 0 heterocycles. The molecule has 0 spiro atoms. The second-order valence-corrected chi connectivity index (χ2v) is 1.88. The van der Waals surface area contributed by atoms with Crippen molar-refractivity contribution in [2.75, 3.05) is 4.43 Å². The molecule has 40 valence electrons. The van der Waals surface area contributed by atoms with E-state index in [1.807, 2.05) is 22.6 Å².